The van der Waals surface area contributed by atoms with E-state index in [1.165, 1.54) is 27.7 Å². The zero-order valence-electron chi connectivity index (χ0n) is 14.6. The predicted molar refractivity (Wildman–Crippen MR) is 100 cm³/mol. The van der Waals surface area contributed by atoms with Crippen LogP contribution in [0.2, 0.25) is 0 Å². The monoisotopic (exact) mass is 365 g/mol. The Morgan fingerprint density at radius 1 is 1.04 bits per heavy atom. The maximum Gasteiger partial charge on any atom is 0.266 e. The van der Waals surface area contributed by atoms with E-state index in [0.29, 0.717) is 25.2 Å². The number of aromatic nitrogens is 4. The van der Waals surface area contributed by atoms with Gasteiger partial charge in [-0.2, -0.15) is 5.10 Å². The van der Waals surface area contributed by atoms with Crippen LogP contribution >= 0.6 is 0 Å². The van der Waals surface area contributed by atoms with Gasteiger partial charge in [-0.1, -0.05) is 30.3 Å². The molecule has 27 heavy (non-hydrogen) atoms. The molecule has 8 nitrogen and oxygen atoms in total. The second-order valence-corrected chi connectivity index (χ2v) is 5.89. The van der Waals surface area contributed by atoms with Gasteiger partial charge in [0, 0.05) is 37.0 Å². The molecule has 1 N–H and O–H groups in total. The van der Waals surface area contributed by atoms with Crippen molar-refractivity contribution >= 4 is 5.91 Å². The summed E-state index contributed by atoms with van der Waals surface area (Å²) in [5, 5.41) is 6.67. The van der Waals surface area contributed by atoms with Crippen LogP contribution < -0.4 is 16.4 Å². The average molecular weight is 365 g/mol. The van der Waals surface area contributed by atoms with E-state index in [1.54, 1.807) is 12.3 Å². The molecule has 1 amide bonds. The molecule has 0 aliphatic heterocycles. The summed E-state index contributed by atoms with van der Waals surface area (Å²) in [4.78, 5) is 40.0. The molecule has 8 heteroatoms. The molecular formula is C19H19N5O3. The summed E-state index contributed by atoms with van der Waals surface area (Å²) in [7, 11) is 0. The zero-order chi connectivity index (χ0) is 19.1. The summed E-state index contributed by atoms with van der Waals surface area (Å²) in [6, 6.07) is 13.8. The lowest BCUT2D eigenvalue weighted by Crippen LogP contribution is -2.33. The van der Waals surface area contributed by atoms with Crippen LogP contribution in [0.5, 0.6) is 0 Å². The first-order valence-electron chi connectivity index (χ1n) is 8.54. The number of nitrogens with zero attached hydrogens (tertiary/aromatic N) is 4. The van der Waals surface area contributed by atoms with Crippen molar-refractivity contribution in [1.29, 1.82) is 0 Å². The molecule has 138 valence electrons. The molecule has 0 fully saturated rings. The number of carbonyl (C=O) groups is 1. The van der Waals surface area contributed by atoms with Crippen molar-refractivity contribution in [3.05, 3.63) is 81.8 Å². The number of benzene rings is 1. The van der Waals surface area contributed by atoms with Gasteiger partial charge in [0.25, 0.3) is 11.1 Å². The fraction of sp³-hybridized carbons (Fsp3) is 0.211. The molecule has 0 bridgehead atoms. The Hall–Kier alpha value is -3.55. The number of rotatable bonds is 7. The topological polar surface area (TPSA) is 98.9 Å². The normalized spacial score (nSPS) is 10.5. The van der Waals surface area contributed by atoms with Gasteiger partial charge in [0.1, 0.15) is 6.54 Å². The number of carbonyl (C=O) groups excluding carboxylic acids is 1. The minimum atomic E-state index is -0.293. The highest BCUT2D eigenvalue weighted by molar-refractivity contribution is 5.75. The van der Waals surface area contributed by atoms with E-state index in [9.17, 15) is 14.4 Å². The molecule has 0 radical (unpaired) electrons. The van der Waals surface area contributed by atoms with Crippen molar-refractivity contribution in [2.24, 2.45) is 0 Å². The zero-order valence-corrected chi connectivity index (χ0v) is 14.6. The van der Waals surface area contributed by atoms with Gasteiger partial charge in [-0.05, 0) is 12.5 Å². The van der Waals surface area contributed by atoms with Crippen molar-refractivity contribution in [2.75, 3.05) is 6.54 Å². The van der Waals surface area contributed by atoms with Crippen LogP contribution in [0.3, 0.4) is 0 Å². The third kappa shape index (κ3) is 4.97. The molecule has 2 heterocycles. The predicted octanol–water partition coefficient (Wildman–Crippen LogP) is 0.673. The Kier molecular flexibility index (Phi) is 5.88. The van der Waals surface area contributed by atoms with Crippen LogP contribution in [0.4, 0.5) is 0 Å². The summed E-state index contributed by atoms with van der Waals surface area (Å²) in [5.74, 6) is -0.292. The van der Waals surface area contributed by atoms with Crippen LogP contribution in [0.1, 0.15) is 6.42 Å². The second-order valence-electron chi connectivity index (χ2n) is 5.89. The first-order chi connectivity index (χ1) is 13.1. The third-order valence-electron chi connectivity index (χ3n) is 3.92. The molecular weight excluding hydrogens is 346 g/mol. The van der Waals surface area contributed by atoms with Crippen molar-refractivity contribution in [2.45, 2.75) is 19.5 Å². The van der Waals surface area contributed by atoms with E-state index < -0.39 is 0 Å². The lowest BCUT2D eigenvalue weighted by Gasteiger charge is -2.08. The summed E-state index contributed by atoms with van der Waals surface area (Å²) >= 11 is 0. The van der Waals surface area contributed by atoms with Gasteiger partial charge in [0.2, 0.25) is 5.91 Å². The quantitative estimate of drug-likeness (QED) is 0.621. The Balaban J connectivity index is 1.51. The fourth-order valence-corrected chi connectivity index (χ4v) is 2.53. The van der Waals surface area contributed by atoms with Crippen LogP contribution in [0.15, 0.2) is 70.6 Å². The highest BCUT2D eigenvalue weighted by Gasteiger charge is 2.07. The molecule has 0 spiro atoms. The van der Waals surface area contributed by atoms with Crippen molar-refractivity contribution in [1.82, 2.24) is 24.6 Å². The number of hydrogen-bond acceptors (Lipinski definition) is 5. The van der Waals surface area contributed by atoms with Gasteiger partial charge in [0.05, 0.1) is 12.0 Å². The Morgan fingerprint density at radius 2 is 1.85 bits per heavy atom. The highest BCUT2D eigenvalue weighted by atomic mass is 16.2. The molecule has 0 aliphatic carbocycles. The largest absolute Gasteiger partial charge is 0.354 e. The average Bonchev–Trinajstić information content (AvgIpc) is 2.69. The number of amides is 1. The van der Waals surface area contributed by atoms with E-state index in [-0.39, 0.29) is 23.6 Å². The lowest BCUT2D eigenvalue weighted by molar-refractivity contribution is -0.121. The minimum absolute atomic E-state index is 0.107. The Bertz CT molecular complexity index is 1030. The van der Waals surface area contributed by atoms with Gasteiger partial charge in [-0.15, -0.1) is 0 Å². The van der Waals surface area contributed by atoms with Crippen molar-refractivity contribution < 1.29 is 4.79 Å². The van der Waals surface area contributed by atoms with Gasteiger partial charge in [-0.3, -0.25) is 19.0 Å². The second kappa shape index (κ2) is 8.70. The van der Waals surface area contributed by atoms with Crippen molar-refractivity contribution in [3.8, 4) is 11.3 Å². The first-order valence-corrected chi connectivity index (χ1v) is 8.54. The van der Waals surface area contributed by atoms with E-state index in [2.05, 4.69) is 15.4 Å². The Labute approximate surface area is 155 Å². The van der Waals surface area contributed by atoms with E-state index in [1.807, 2.05) is 30.3 Å². The van der Waals surface area contributed by atoms with Gasteiger partial charge in [-0.25, -0.2) is 9.67 Å². The molecule has 0 saturated carbocycles. The minimum Gasteiger partial charge on any atom is -0.354 e. The van der Waals surface area contributed by atoms with E-state index in [0.717, 1.165) is 5.56 Å². The molecule has 1 aromatic carbocycles. The number of nitrogens with one attached hydrogen (secondary N) is 1. The summed E-state index contributed by atoms with van der Waals surface area (Å²) in [5.41, 5.74) is 0.938. The van der Waals surface area contributed by atoms with Gasteiger partial charge < -0.3 is 5.32 Å². The molecule has 0 atom stereocenters. The number of hydrogen-bond donors (Lipinski definition) is 1. The van der Waals surface area contributed by atoms with E-state index >= 15 is 0 Å². The fourth-order valence-electron chi connectivity index (χ4n) is 2.53. The Morgan fingerprint density at radius 3 is 2.59 bits per heavy atom. The molecule has 0 unspecified atom stereocenters. The van der Waals surface area contributed by atoms with Gasteiger partial charge in [0.15, 0.2) is 0 Å². The molecule has 3 rings (SSSR count). The summed E-state index contributed by atoms with van der Waals surface area (Å²) in [6.45, 7) is 0.684. The van der Waals surface area contributed by atoms with Crippen LogP contribution in [0.25, 0.3) is 11.3 Å². The smallest absolute Gasteiger partial charge is 0.266 e. The lowest BCUT2D eigenvalue weighted by atomic mass is 10.1. The van der Waals surface area contributed by atoms with Crippen LogP contribution in [-0.4, -0.2) is 31.8 Å². The summed E-state index contributed by atoms with van der Waals surface area (Å²) in [6.07, 6.45) is 3.47. The van der Waals surface area contributed by atoms with Crippen molar-refractivity contribution in [3.63, 3.8) is 0 Å². The standard InChI is InChI=1S/C19H19N5O3/c25-17(20-9-5-11-24-18(26)8-4-10-22-24)13-23-14-21-16(12-19(23)27)15-6-2-1-3-7-15/h1-4,6-8,10,12,14H,5,9,11,13H2,(H,20,25). The maximum absolute atomic E-state index is 12.2. The van der Waals surface area contributed by atoms with Crippen LogP contribution in [0, 0.1) is 0 Å². The first kappa shape index (κ1) is 18.2. The SMILES string of the molecule is O=C(Cn1cnc(-c2ccccc2)cc1=O)NCCCn1ncccc1=O. The highest BCUT2D eigenvalue weighted by Crippen LogP contribution is 2.13. The number of aryl methyl sites for hydroxylation is 1. The van der Waals surface area contributed by atoms with Crippen LogP contribution in [-0.2, 0) is 17.9 Å². The molecule has 0 aliphatic rings. The molecule has 2 aromatic heterocycles. The van der Waals surface area contributed by atoms with Gasteiger partial charge >= 0.3 is 0 Å². The molecule has 3 aromatic rings. The maximum atomic E-state index is 12.2. The van der Waals surface area contributed by atoms with E-state index in [4.69, 9.17) is 0 Å². The molecule has 0 saturated heterocycles. The third-order valence-corrected chi connectivity index (χ3v) is 3.92. The summed E-state index contributed by atoms with van der Waals surface area (Å²) < 4.78 is 2.59.